The van der Waals surface area contributed by atoms with Crippen LogP contribution in [0.1, 0.15) is 30.5 Å². The van der Waals surface area contributed by atoms with Crippen LogP contribution in [0.15, 0.2) is 47.1 Å². The molecule has 0 saturated heterocycles. The van der Waals surface area contributed by atoms with Crippen molar-refractivity contribution in [2.24, 2.45) is 0 Å². The largest absolute Gasteiger partial charge is 0.494 e. The third kappa shape index (κ3) is 4.61. The van der Waals surface area contributed by atoms with Crippen LogP contribution in [0, 0.1) is 6.92 Å². The molecule has 142 valence electrons. The molecule has 0 N–H and O–H groups in total. The fraction of sp³-hybridized carbons (Fsp3) is 0.318. The summed E-state index contributed by atoms with van der Waals surface area (Å²) in [4.78, 5) is 11.9. The molecular formula is C22H24O5. The predicted molar refractivity (Wildman–Crippen MR) is 103 cm³/mol. The van der Waals surface area contributed by atoms with Gasteiger partial charge >= 0.3 is 5.97 Å². The molecule has 0 fully saturated rings. The lowest BCUT2D eigenvalue weighted by Crippen LogP contribution is -2.09. The number of benzene rings is 2. The zero-order valence-corrected chi connectivity index (χ0v) is 15.9. The standard InChI is InChI=1S/C22H24O5/c1-4-24-19-7-6-17(12-21(23)25-5-2)20(13-19)27-14-16-10-15(3)22-18(11-16)8-9-26-22/h6-11,13H,4-5,12,14H2,1-3H3. The van der Waals surface area contributed by atoms with Gasteiger partial charge in [0.15, 0.2) is 0 Å². The molecule has 0 bridgehead atoms. The molecule has 3 aromatic rings. The van der Waals surface area contributed by atoms with Gasteiger partial charge in [0.1, 0.15) is 23.7 Å². The molecule has 0 aliphatic heterocycles. The first kappa shape index (κ1) is 18.8. The second-order valence-electron chi connectivity index (χ2n) is 6.22. The van der Waals surface area contributed by atoms with E-state index in [4.69, 9.17) is 18.6 Å². The number of carbonyl (C=O) groups is 1. The van der Waals surface area contributed by atoms with Crippen LogP contribution in [0.5, 0.6) is 11.5 Å². The number of aryl methyl sites for hydroxylation is 1. The molecule has 27 heavy (non-hydrogen) atoms. The Kier molecular flexibility index (Phi) is 6.01. The average molecular weight is 368 g/mol. The smallest absolute Gasteiger partial charge is 0.310 e. The van der Waals surface area contributed by atoms with Crippen molar-refractivity contribution in [3.8, 4) is 11.5 Å². The lowest BCUT2D eigenvalue weighted by Gasteiger charge is -2.14. The molecule has 2 aromatic carbocycles. The Bertz CT molecular complexity index is 926. The van der Waals surface area contributed by atoms with Crippen molar-refractivity contribution in [1.29, 1.82) is 0 Å². The highest BCUT2D eigenvalue weighted by Crippen LogP contribution is 2.28. The second kappa shape index (κ2) is 8.62. The molecule has 0 atom stereocenters. The van der Waals surface area contributed by atoms with Gasteiger partial charge in [-0.2, -0.15) is 0 Å². The lowest BCUT2D eigenvalue weighted by atomic mass is 10.1. The minimum absolute atomic E-state index is 0.162. The fourth-order valence-electron chi connectivity index (χ4n) is 3.02. The Morgan fingerprint density at radius 2 is 1.89 bits per heavy atom. The Morgan fingerprint density at radius 1 is 1.04 bits per heavy atom. The Hall–Kier alpha value is -2.95. The summed E-state index contributed by atoms with van der Waals surface area (Å²) in [7, 11) is 0. The molecular weight excluding hydrogens is 344 g/mol. The molecule has 1 aromatic heterocycles. The van der Waals surface area contributed by atoms with Crippen LogP contribution in [-0.4, -0.2) is 19.2 Å². The summed E-state index contributed by atoms with van der Waals surface area (Å²) in [6.45, 7) is 7.03. The normalized spacial score (nSPS) is 10.8. The Morgan fingerprint density at radius 3 is 2.67 bits per heavy atom. The van der Waals surface area contributed by atoms with Gasteiger partial charge in [-0.1, -0.05) is 6.07 Å². The van der Waals surface area contributed by atoms with Crippen molar-refractivity contribution in [1.82, 2.24) is 0 Å². The molecule has 0 saturated carbocycles. The number of fused-ring (bicyclic) bond motifs is 1. The summed E-state index contributed by atoms with van der Waals surface area (Å²) in [6.07, 6.45) is 1.85. The number of esters is 1. The fourth-order valence-corrected chi connectivity index (χ4v) is 3.02. The van der Waals surface area contributed by atoms with E-state index < -0.39 is 0 Å². The van der Waals surface area contributed by atoms with Gasteiger partial charge in [-0.05, 0) is 56.2 Å². The van der Waals surface area contributed by atoms with Crippen LogP contribution in [0.4, 0.5) is 0 Å². The zero-order valence-electron chi connectivity index (χ0n) is 15.9. The number of furan rings is 1. The highest BCUT2D eigenvalue weighted by molar-refractivity contribution is 5.81. The first-order chi connectivity index (χ1) is 13.1. The van der Waals surface area contributed by atoms with E-state index in [0.29, 0.717) is 31.3 Å². The number of ether oxygens (including phenoxy) is 3. The van der Waals surface area contributed by atoms with Gasteiger partial charge in [-0.25, -0.2) is 0 Å². The third-order valence-corrected chi connectivity index (χ3v) is 4.18. The monoisotopic (exact) mass is 368 g/mol. The first-order valence-corrected chi connectivity index (χ1v) is 9.11. The zero-order chi connectivity index (χ0) is 19.2. The Labute approximate surface area is 158 Å². The van der Waals surface area contributed by atoms with Gasteiger partial charge in [0.05, 0.1) is 25.9 Å². The van der Waals surface area contributed by atoms with Gasteiger partial charge in [0.2, 0.25) is 0 Å². The minimum atomic E-state index is -0.276. The maximum atomic E-state index is 11.9. The van der Waals surface area contributed by atoms with Crippen molar-refractivity contribution < 1.29 is 23.4 Å². The maximum Gasteiger partial charge on any atom is 0.310 e. The quantitative estimate of drug-likeness (QED) is 0.533. The average Bonchev–Trinajstić information content (AvgIpc) is 3.11. The summed E-state index contributed by atoms with van der Waals surface area (Å²) < 4.78 is 22.2. The molecule has 1 heterocycles. The van der Waals surface area contributed by atoms with Crippen LogP contribution in [0.3, 0.4) is 0 Å². The van der Waals surface area contributed by atoms with E-state index in [1.54, 1.807) is 13.2 Å². The van der Waals surface area contributed by atoms with Crippen molar-refractivity contribution in [3.63, 3.8) is 0 Å². The number of hydrogen-bond donors (Lipinski definition) is 0. The van der Waals surface area contributed by atoms with E-state index in [1.807, 2.05) is 50.2 Å². The molecule has 5 heteroatoms. The van der Waals surface area contributed by atoms with E-state index in [2.05, 4.69) is 0 Å². The molecule has 0 unspecified atom stereocenters. The van der Waals surface area contributed by atoms with E-state index in [1.165, 1.54) is 0 Å². The second-order valence-corrected chi connectivity index (χ2v) is 6.22. The van der Waals surface area contributed by atoms with Crippen LogP contribution in [0.25, 0.3) is 11.0 Å². The summed E-state index contributed by atoms with van der Waals surface area (Å²) in [5.74, 6) is 1.06. The third-order valence-electron chi connectivity index (χ3n) is 4.18. The first-order valence-electron chi connectivity index (χ1n) is 9.11. The van der Waals surface area contributed by atoms with Crippen LogP contribution >= 0.6 is 0 Å². The molecule has 0 aliphatic carbocycles. The highest BCUT2D eigenvalue weighted by atomic mass is 16.5. The summed E-state index contributed by atoms with van der Waals surface area (Å²) in [6, 6.07) is 11.5. The SMILES string of the molecule is CCOC(=O)Cc1ccc(OCC)cc1OCc1cc(C)c2occc2c1. The number of rotatable bonds is 8. The van der Waals surface area contributed by atoms with Gasteiger partial charge in [0.25, 0.3) is 0 Å². The molecule has 0 amide bonds. The minimum Gasteiger partial charge on any atom is -0.494 e. The molecule has 0 aliphatic rings. The van der Waals surface area contributed by atoms with Crippen molar-refractivity contribution in [3.05, 3.63) is 59.4 Å². The topological polar surface area (TPSA) is 57.9 Å². The molecule has 0 spiro atoms. The summed E-state index contributed by atoms with van der Waals surface area (Å²) in [5.41, 5.74) is 3.76. The van der Waals surface area contributed by atoms with Gasteiger partial charge in [-0.15, -0.1) is 0 Å². The lowest BCUT2D eigenvalue weighted by molar-refractivity contribution is -0.142. The molecule has 3 rings (SSSR count). The Balaban J connectivity index is 1.81. The van der Waals surface area contributed by atoms with Crippen LogP contribution in [0.2, 0.25) is 0 Å². The van der Waals surface area contributed by atoms with Crippen LogP contribution in [-0.2, 0) is 22.6 Å². The van der Waals surface area contributed by atoms with Gasteiger partial charge in [-0.3, -0.25) is 4.79 Å². The summed E-state index contributed by atoms with van der Waals surface area (Å²) >= 11 is 0. The van der Waals surface area contributed by atoms with Crippen molar-refractivity contribution in [2.45, 2.75) is 33.8 Å². The van der Waals surface area contributed by atoms with Crippen molar-refractivity contribution >= 4 is 16.9 Å². The van der Waals surface area contributed by atoms with Crippen molar-refractivity contribution in [2.75, 3.05) is 13.2 Å². The molecule has 0 radical (unpaired) electrons. The highest BCUT2D eigenvalue weighted by Gasteiger charge is 2.12. The predicted octanol–water partition coefficient (Wildman–Crippen LogP) is 4.82. The van der Waals surface area contributed by atoms with Gasteiger partial charge in [0, 0.05) is 17.0 Å². The van der Waals surface area contributed by atoms with E-state index in [-0.39, 0.29) is 12.4 Å². The summed E-state index contributed by atoms with van der Waals surface area (Å²) in [5, 5.41) is 1.04. The van der Waals surface area contributed by atoms with E-state index in [0.717, 1.165) is 27.7 Å². The maximum absolute atomic E-state index is 11.9. The number of carbonyl (C=O) groups excluding carboxylic acids is 1. The van der Waals surface area contributed by atoms with Gasteiger partial charge < -0.3 is 18.6 Å². The van der Waals surface area contributed by atoms with E-state index >= 15 is 0 Å². The van der Waals surface area contributed by atoms with E-state index in [9.17, 15) is 4.79 Å². The number of hydrogen-bond acceptors (Lipinski definition) is 5. The molecule has 5 nitrogen and oxygen atoms in total. The van der Waals surface area contributed by atoms with Crippen LogP contribution < -0.4 is 9.47 Å².